The van der Waals surface area contributed by atoms with E-state index in [1.54, 1.807) is 72.8 Å². The molecule has 0 spiro atoms. The van der Waals surface area contributed by atoms with Gasteiger partial charge in [-0.1, -0.05) is 66.7 Å². The number of anilines is 1. The lowest BCUT2D eigenvalue weighted by molar-refractivity contribution is -0.120. The zero-order valence-electron chi connectivity index (χ0n) is 21.8. The van der Waals surface area contributed by atoms with Gasteiger partial charge in [0.25, 0.3) is 5.91 Å². The van der Waals surface area contributed by atoms with Crippen molar-refractivity contribution in [2.45, 2.75) is 18.4 Å². The number of rotatable bonds is 12. The number of carbonyl (C=O) groups excluding carboxylic acids is 1. The number of amidine groups is 1. The Balaban J connectivity index is 1.60. The number of nitrogen functional groups attached to an aromatic ring is 1. The largest absolute Gasteiger partial charge is 0.493 e. The molecule has 0 aliphatic rings. The Bertz CT molecular complexity index is 1560. The highest BCUT2D eigenvalue weighted by atomic mass is 32.2. The van der Waals surface area contributed by atoms with Crippen LogP contribution in [0.5, 0.6) is 11.5 Å². The van der Waals surface area contributed by atoms with Crippen LogP contribution in [0, 0.1) is 5.41 Å². The second-order valence-electron chi connectivity index (χ2n) is 8.96. The molecule has 4 aromatic rings. The van der Waals surface area contributed by atoms with Crippen LogP contribution in [-0.2, 0) is 27.2 Å². The van der Waals surface area contributed by atoms with Crippen molar-refractivity contribution in [3.8, 4) is 11.5 Å². The van der Waals surface area contributed by atoms with Crippen LogP contribution < -0.4 is 25.2 Å². The molecule has 0 fully saturated rings. The zero-order chi connectivity index (χ0) is 28.5. The molecule has 1 unspecified atom stereocenters. The van der Waals surface area contributed by atoms with Gasteiger partial charge in [-0.25, -0.2) is 8.42 Å². The van der Waals surface area contributed by atoms with Crippen LogP contribution in [0.4, 0.5) is 5.69 Å². The SMILES string of the molecule is COc1cc(C(Nc2ccc(C(=N)N)cc2)C(=O)NS(=O)(=O)Cc2ccccc2)ccc1OCc1ccccc1. The molecule has 4 rings (SSSR count). The minimum atomic E-state index is -4.00. The summed E-state index contributed by atoms with van der Waals surface area (Å²) in [5.41, 5.74) is 8.56. The van der Waals surface area contributed by atoms with E-state index in [0.717, 1.165) is 5.56 Å². The van der Waals surface area contributed by atoms with Gasteiger partial charge in [0, 0.05) is 11.3 Å². The average molecular weight is 559 g/mol. The lowest BCUT2D eigenvalue weighted by atomic mass is 10.0. The minimum Gasteiger partial charge on any atom is -0.493 e. The van der Waals surface area contributed by atoms with Gasteiger partial charge in [-0.2, -0.15) is 0 Å². The number of hydrogen-bond donors (Lipinski definition) is 4. The molecule has 4 aromatic carbocycles. The van der Waals surface area contributed by atoms with Gasteiger partial charge >= 0.3 is 0 Å². The first-order valence-corrected chi connectivity index (χ1v) is 14.0. The molecule has 0 heterocycles. The minimum absolute atomic E-state index is 0.0938. The fourth-order valence-corrected chi connectivity index (χ4v) is 5.10. The predicted octanol–water partition coefficient (Wildman–Crippen LogP) is 4.36. The average Bonchev–Trinajstić information content (AvgIpc) is 2.95. The Hall–Kier alpha value is -4.83. The van der Waals surface area contributed by atoms with Crippen LogP contribution >= 0.6 is 0 Å². The summed E-state index contributed by atoms with van der Waals surface area (Å²) >= 11 is 0. The molecule has 40 heavy (non-hydrogen) atoms. The third-order valence-corrected chi connectivity index (χ3v) is 7.21. The summed E-state index contributed by atoms with van der Waals surface area (Å²) < 4.78 is 39.4. The van der Waals surface area contributed by atoms with E-state index < -0.39 is 22.0 Å². The summed E-state index contributed by atoms with van der Waals surface area (Å²) in [7, 11) is -2.51. The van der Waals surface area contributed by atoms with E-state index in [9.17, 15) is 13.2 Å². The van der Waals surface area contributed by atoms with Crippen molar-refractivity contribution in [1.29, 1.82) is 5.41 Å². The number of sulfonamides is 1. The van der Waals surface area contributed by atoms with Crippen molar-refractivity contribution >= 4 is 27.5 Å². The quantitative estimate of drug-likeness (QED) is 0.149. The van der Waals surface area contributed by atoms with Crippen LogP contribution in [-0.4, -0.2) is 27.3 Å². The van der Waals surface area contributed by atoms with E-state index >= 15 is 0 Å². The first-order valence-electron chi connectivity index (χ1n) is 12.4. The molecule has 0 saturated heterocycles. The molecule has 0 aliphatic heterocycles. The second-order valence-corrected chi connectivity index (χ2v) is 10.7. The van der Waals surface area contributed by atoms with Crippen molar-refractivity contribution in [1.82, 2.24) is 4.72 Å². The first-order chi connectivity index (χ1) is 19.2. The van der Waals surface area contributed by atoms with E-state index in [0.29, 0.717) is 40.5 Å². The summed E-state index contributed by atoms with van der Waals surface area (Å²) in [6.45, 7) is 0.318. The number of ether oxygens (including phenoxy) is 2. The maximum Gasteiger partial charge on any atom is 0.260 e. The number of hydrogen-bond acceptors (Lipinski definition) is 7. The van der Waals surface area contributed by atoms with E-state index in [4.69, 9.17) is 20.6 Å². The van der Waals surface area contributed by atoms with E-state index in [2.05, 4.69) is 10.0 Å². The van der Waals surface area contributed by atoms with Crippen molar-refractivity contribution in [3.05, 3.63) is 125 Å². The van der Waals surface area contributed by atoms with Crippen molar-refractivity contribution in [2.75, 3.05) is 12.4 Å². The maximum absolute atomic E-state index is 13.4. The fourth-order valence-electron chi connectivity index (χ4n) is 3.97. The molecule has 206 valence electrons. The first kappa shape index (κ1) is 28.2. The lowest BCUT2D eigenvalue weighted by Gasteiger charge is -2.21. The van der Waals surface area contributed by atoms with Gasteiger partial charge < -0.3 is 20.5 Å². The normalized spacial score (nSPS) is 11.7. The van der Waals surface area contributed by atoms with Gasteiger partial charge in [-0.05, 0) is 53.1 Å². The fraction of sp³-hybridized carbons (Fsp3) is 0.133. The molecular weight excluding hydrogens is 528 g/mol. The molecule has 0 aromatic heterocycles. The van der Waals surface area contributed by atoms with Crippen LogP contribution in [0.15, 0.2) is 103 Å². The van der Waals surface area contributed by atoms with Crippen LogP contribution in [0.2, 0.25) is 0 Å². The Labute approximate surface area is 233 Å². The van der Waals surface area contributed by atoms with Crippen LogP contribution in [0.25, 0.3) is 0 Å². The molecule has 10 heteroatoms. The Morgan fingerprint density at radius 2 is 1.50 bits per heavy atom. The molecule has 0 aliphatic carbocycles. The number of carbonyl (C=O) groups is 1. The zero-order valence-corrected chi connectivity index (χ0v) is 22.6. The summed E-state index contributed by atoms with van der Waals surface area (Å²) in [4.78, 5) is 13.4. The van der Waals surface area contributed by atoms with Gasteiger partial charge in [0.05, 0.1) is 12.9 Å². The van der Waals surface area contributed by atoms with E-state index in [1.807, 2.05) is 30.3 Å². The van der Waals surface area contributed by atoms with Gasteiger partial charge in [0.15, 0.2) is 11.5 Å². The molecule has 9 nitrogen and oxygen atoms in total. The lowest BCUT2D eigenvalue weighted by Crippen LogP contribution is -2.38. The third kappa shape index (κ3) is 7.61. The number of benzene rings is 4. The van der Waals surface area contributed by atoms with Crippen LogP contribution in [0.1, 0.15) is 28.3 Å². The van der Waals surface area contributed by atoms with Crippen molar-refractivity contribution in [3.63, 3.8) is 0 Å². The predicted molar refractivity (Wildman–Crippen MR) is 155 cm³/mol. The highest BCUT2D eigenvalue weighted by Crippen LogP contribution is 2.32. The van der Waals surface area contributed by atoms with Crippen LogP contribution in [0.3, 0.4) is 0 Å². The van der Waals surface area contributed by atoms with Crippen molar-refractivity contribution in [2.24, 2.45) is 5.73 Å². The highest BCUT2D eigenvalue weighted by Gasteiger charge is 2.26. The Kier molecular flexibility index (Phi) is 9.03. The number of methoxy groups -OCH3 is 1. The van der Waals surface area contributed by atoms with Gasteiger partial charge in [0.2, 0.25) is 10.0 Å². The summed E-state index contributed by atoms with van der Waals surface area (Å²) in [5.74, 6) is -0.367. The number of nitrogens with two attached hydrogens (primary N) is 1. The summed E-state index contributed by atoms with van der Waals surface area (Å²) in [6.07, 6.45) is 0. The molecule has 5 N–H and O–H groups in total. The van der Waals surface area contributed by atoms with Crippen molar-refractivity contribution < 1.29 is 22.7 Å². The van der Waals surface area contributed by atoms with E-state index in [1.165, 1.54) is 7.11 Å². The molecule has 0 bridgehead atoms. The second kappa shape index (κ2) is 12.8. The third-order valence-electron chi connectivity index (χ3n) is 5.98. The van der Waals surface area contributed by atoms with Gasteiger partial charge in [-0.15, -0.1) is 0 Å². The highest BCUT2D eigenvalue weighted by molar-refractivity contribution is 7.89. The Morgan fingerprint density at radius 3 is 2.10 bits per heavy atom. The Morgan fingerprint density at radius 1 is 0.875 bits per heavy atom. The molecular formula is C30H30N4O5S. The van der Waals surface area contributed by atoms with Gasteiger partial charge in [-0.3, -0.25) is 14.9 Å². The number of nitrogens with one attached hydrogen (secondary N) is 3. The molecule has 0 saturated carbocycles. The maximum atomic E-state index is 13.4. The van der Waals surface area contributed by atoms with E-state index in [-0.39, 0.29) is 11.6 Å². The standard InChI is InChI=1S/C30H30N4O5S/c1-38-27-18-24(14-17-26(27)39-19-21-8-4-2-5-9-21)28(33-25-15-12-23(13-16-25)29(31)32)30(35)34-40(36,37)20-22-10-6-3-7-11-22/h2-18,28,33H,19-20H2,1H3,(H3,31,32)(H,34,35). The topological polar surface area (TPSA) is 144 Å². The number of amides is 1. The van der Waals surface area contributed by atoms with Gasteiger partial charge in [0.1, 0.15) is 18.5 Å². The molecule has 0 radical (unpaired) electrons. The monoisotopic (exact) mass is 558 g/mol. The summed E-state index contributed by atoms with van der Waals surface area (Å²) in [6, 6.07) is 28.7. The molecule has 1 amide bonds. The summed E-state index contributed by atoms with van der Waals surface area (Å²) in [5, 5.41) is 10.7. The smallest absolute Gasteiger partial charge is 0.260 e. The molecule has 1 atom stereocenters.